The minimum atomic E-state index is -0.200. The lowest BCUT2D eigenvalue weighted by molar-refractivity contribution is -0.113. The summed E-state index contributed by atoms with van der Waals surface area (Å²) in [7, 11) is 0. The third kappa shape index (κ3) is 2.72. The quantitative estimate of drug-likeness (QED) is 0.919. The fourth-order valence-corrected chi connectivity index (χ4v) is 2.29. The molecule has 0 saturated heterocycles. The minimum Gasteiger partial charge on any atom is -0.488 e. The van der Waals surface area contributed by atoms with Crippen LogP contribution in [0.15, 0.2) is 52.6 Å². The Bertz CT molecular complexity index is 684. The van der Waals surface area contributed by atoms with Crippen molar-refractivity contribution in [1.29, 1.82) is 0 Å². The fourth-order valence-electron chi connectivity index (χ4n) is 1.91. The van der Waals surface area contributed by atoms with Gasteiger partial charge in [0.1, 0.15) is 18.2 Å². The number of pyridine rings is 1. The molecule has 1 N–H and O–H groups in total. The zero-order valence-corrected chi connectivity index (χ0v) is 12.1. The van der Waals surface area contributed by atoms with Gasteiger partial charge in [-0.1, -0.05) is 22.0 Å². The molecular weight excluding hydrogens is 320 g/mol. The zero-order valence-electron chi connectivity index (χ0n) is 10.5. The van der Waals surface area contributed by atoms with Crippen LogP contribution in [0.3, 0.4) is 0 Å². The van der Waals surface area contributed by atoms with Crippen molar-refractivity contribution in [2.45, 2.75) is 0 Å². The van der Waals surface area contributed by atoms with Gasteiger partial charge in [0, 0.05) is 16.2 Å². The van der Waals surface area contributed by atoms with Gasteiger partial charge in [0.15, 0.2) is 0 Å². The van der Waals surface area contributed by atoms with Crippen LogP contribution < -0.4 is 10.1 Å². The molecule has 0 fully saturated rings. The molecule has 1 amide bonds. The Hall–Kier alpha value is -2.14. The number of benzene rings is 1. The average Bonchev–Trinajstić information content (AvgIpc) is 2.47. The van der Waals surface area contributed by atoms with E-state index < -0.39 is 0 Å². The topological polar surface area (TPSA) is 51.2 Å². The fraction of sp³-hybridized carbons (Fsp3) is 0.0667. The van der Waals surface area contributed by atoms with Crippen molar-refractivity contribution in [2.75, 3.05) is 11.9 Å². The van der Waals surface area contributed by atoms with Crippen LogP contribution in [-0.4, -0.2) is 17.5 Å². The summed E-state index contributed by atoms with van der Waals surface area (Å²) >= 11 is 3.41. The maximum atomic E-state index is 12.2. The van der Waals surface area contributed by atoms with Crippen molar-refractivity contribution in [2.24, 2.45) is 0 Å². The lowest BCUT2D eigenvalue weighted by atomic mass is 10.1. The minimum absolute atomic E-state index is 0.200. The van der Waals surface area contributed by atoms with Crippen LogP contribution >= 0.6 is 15.9 Å². The normalized spacial score (nSPS) is 12.9. The average molecular weight is 331 g/mol. The molecule has 0 saturated carbocycles. The molecule has 0 aliphatic carbocycles. The van der Waals surface area contributed by atoms with E-state index in [2.05, 4.69) is 26.2 Å². The maximum absolute atomic E-state index is 12.2. The SMILES string of the molecule is O=C(Nc1ccccn1)C1=Cc2cc(Br)ccc2OC1. The largest absolute Gasteiger partial charge is 0.488 e. The van der Waals surface area contributed by atoms with Crippen molar-refractivity contribution in [1.82, 2.24) is 4.98 Å². The van der Waals surface area contributed by atoms with Crippen LogP contribution in [0.2, 0.25) is 0 Å². The lowest BCUT2D eigenvalue weighted by Crippen LogP contribution is -2.21. The van der Waals surface area contributed by atoms with Gasteiger partial charge in [-0.15, -0.1) is 0 Å². The summed E-state index contributed by atoms with van der Waals surface area (Å²) in [4.78, 5) is 16.2. The van der Waals surface area contributed by atoms with Gasteiger partial charge < -0.3 is 10.1 Å². The van der Waals surface area contributed by atoms with Gasteiger partial charge >= 0.3 is 0 Å². The highest BCUT2D eigenvalue weighted by molar-refractivity contribution is 9.10. The number of fused-ring (bicyclic) bond motifs is 1. The van der Waals surface area contributed by atoms with E-state index in [9.17, 15) is 4.79 Å². The van der Waals surface area contributed by atoms with Crippen LogP contribution in [0.1, 0.15) is 5.56 Å². The molecule has 4 nitrogen and oxygen atoms in total. The molecule has 0 unspecified atom stereocenters. The number of hydrogen-bond acceptors (Lipinski definition) is 3. The number of ether oxygens (including phenoxy) is 1. The molecule has 0 spiro atoms. The van der Waals surface area contributed by atoms with Gasteiger partial charge in [-0.25, -0.2) is 4.98 Å². The van der Waals surface area contributed by atoms with Crippen LogP contribution in [0.4, 0.5) is 5.82 Å². The highest BCUT2D eigenvalue weighted by atomic mass is 79.9. The molecule has 1 aromatic heterocycles. The Labute approximate surface area is 124 Å². The predicted molar refractivity (Wildman–Crippen MR) is 80.5 cm³/mol. The number of nitrogens with one attached hydrogen (secondary N) is 1. The van der Waals surface area contributed by atoms with Crippen molar-refractivity contribution >= 4 is 33.7 Å². The number of halogens is 1. The van der Waals surface area contributed by atoms with Gasteiger partial charge in [0.25, 0.3) is 5.91 Å². The van der Waals surface area contributed by atoms with Gasteiger partial charge in [-0.2, -0.15) is 0 Å². The van der Waals surface area contributed by atoms with Crippen molar-refractivity contribution < 1.29 is 9.53 Å². The summed E-state index contributed by atoms with van der Waals surface area (Å²) in [6.07, 6.45) is 3.47. The monoisotopic (exact) mass is 330 g/mol. The van der Waals surface area contributed by atoms with Crippen LogP contribution in [-0.2, 0) is 4.79 Å². The van der Waals surface area contributed by atoms with Gasteiger partial charge in [-0.05, 0) is 36.4 Å². The summed E-state index contributed by atoms with van der Waals surface area (Å²) in [6, 6.07) is 11.1. The van der Waals surface area contributed by atoms with Gasteiger partial charge in [0.05, 0.1) is 5.57 Å². The van der Waals surface area contributed by atoms with E-state index in [-0.39, 0.29) is 12.5 Å². The number of amides is 1. The highest BCUT2D eigenvalue weighted by Gasteiger charge is 2.17. The summed E-state index contributed by atoms with van der Waals surface area (Å²) < 4.78 is 6.53. The summed E-state index contributed by atoms with van der Waals surface area (Å²) in [6.45, 7) is 0.257. The first-order chi connectivity index (χ1) is 9.72. The second-order valence-corrected chi connectivity index (χ2v) is 5.23. The van der Waals surface area contributed by atoms with Crippen molar-refractivity contribution in [3.8, 4) is 5.75 Å². The molecule has 3 rings (SSSR count). The van der Waals surface area contributed by atoms with E-state index >= 15 is 0 Å². The van der Waals surface area contributed by atoms with Crippen LogP contribution in [0.25, 0.3) is 6.08 Å². The third-order valence-corrected chi connectivity index (χ3v) is 3.38. The number of carbonyl (C=O) groups excluding carboxylic acids is 1. The van der Waals surface area contributed by atoms with Crippen molar-refractivity contribution in [3.63, 3.8) is 0 Å². The highest BCUT2D eigenvalue weighted by Crippen LogP contribution is 2.29. The van der Waals surface area contributed by atoms with Crippen LogP contribution in [0.5, 0.6) is 5.75 Å². The van der Waals surface area contributed by atoms with E-state index in [1.807, 2.05) is 30.3 Å². The Morgan fingerprint density at radius 3 is 3.00 bits per heavy atom. The van der Waals surface area contributed by atoms with Gasteiger partial charge in [0.2, 0.25) is 0 Å². The summed E-state index contributed by atoms with van der Waals surface area (Å²) in [5.74, 6) is 1.11. The first-order valence-corrected chi connectivity index (χ1v) is 6.87. The zero-order chi connectivity index (χ0) is 13.9. The Morgan fingerprint density at radius 1 is 1.30 bits per heavy atom. The number of aromatic nitrogens is 1. The van der Waals surface area contributed by atoms with E-state index in [0.29, 0.717) is 11.4 Å². The van der Waals surface area contributed by atoms with E-state index in [1.165, 1.54) is 0 Å². The number of carbonyl (C=O) groups is 1. The molecule has 0 atom stereocenters. The molecule has 5 heteroatoms. The number of hydrogen-bond donors (Lipinski definition) is 1. The molecule has 20 heavy (non-hydrogen) atoms. The number of anilines is 1. The van der Waals surface area contributed by atoms with Crippen LogP contribution in [0, 0.1) is 0 Å². The molecule has 0 bridgehead atoms. The number of nitrogens with zero attached hydrogens (tertiary/aromatic N) is 1. The molecule has 2 aromatic rings. The second-order valence-electron chi connectivity index (χ2n) is 4.31. The Balaban J connectivity index is 1.83. The first kappa shape index (κ1) is 12.9. The first-order valence-electron chi connectivity index (χ1n) is 6.08. The summed E-state index contributed by atoms with van der Waals surface area (Å²) in [5.41, 5.74) is 1.46. The predicted octanol–water partition coefficient (Wildman–Crippen LogP) is 3.26. The number of rotatable bonds is 2. The Morgan fingerprint density at radius 2 is 2.20 bits per heavy atom. The molecule has 100 valence electrons. The lowest BCUT2D eigenvalue weighted by Gasteiger charge is -2.17. The molecular formula is C15H11BrN2O2. The van der Waals surface area contributed by atoms with E-state index in [4.69, 9.17) is 4.74 Å². The summed E-state index contributed by atoms with van der Waals surface area (Å²) in [5, 5.41) is 2.75. The second kappa shape index (κ2) is 5.46. The maximum Gasteiger partial charge on any atom is 0.256 e. The van der Waals surface area contributed by atoms with Crippen molar-refractivity contribution in [3.05, 3.63) is 58.2 Å². The Kier molecular flexibility index (Phi) is 3.52. The van der Waals surface area contributed by atoms with E-state index in [1.54, 1.807) is 18.3 Å². The molecule has 2 heterocycles. The molecule has 1 aliphatic heterocycles. The van der Waals surface area contributed by atoms with Gasteiger partial charge in [-0.3, -0.25) is 4.79 Å². The standard InChI is InChI=1S/C15H11BrN2O2/c16-12-4-5-13-10(8-12)7-11(9-20-13)15(19)18-14-3-1-2-6-17-14/h1-8H,9H2,(H,17,18,19). The molecule has 1 aliphatic rings. The molecule has 1 aromatic carbocycles. The third-order valence-electron chi connectivity index (χ3n) is 2.88. The van der Waals surface area contributed by atoms with E-state index in [0.717, 1.165) is 15.8 Å². The smallest absolute Gasteiger partial charge is 0.256 e. The molecule has 0 radical (unpaired) electrons.